The van der Waals surface area contributed by atoms with E-state index in [1.165, 1.54) is 4.90 Å². The molecule has 186 valence electrons. The Hall–Kier alpha value is -2.33. The molecule has 2 amide bonds. The third-order valence-corrected chi connectivity index (χ3v) is 9.83. The van der Waals surface area contributed by atoms with E-state index in [4.69, 9.17) is 34.8 Å². The minimum absolute atomic E-state index is 0.0894. The number of amides is 2. The van der Waals surface area contributed by atoms with E-state index in [0.717, 1.165) is 6.42 Å². The van der Waals surface area contributed by atoms with Crippen molar-refractivity contribution < 1.29 is 13.2 Å². The zero-order valence-corrected chi connectivity index (χ0v) is 21.9. The summed E-state index contributed by atoms with van der Waals surface area (Å²) in [6, 6.07) is 15.0. The highest BCUT2D eigenvalue weighted by atomic mass is 35.5. The van der Waals surface area contributed by atoms with Crippen molar-refractivity contribution in [1.29, 1.82) is 0 Å². The number of rotatable bonds is 4. The average Bonchev–Trinajstić information content (AvgIpc) is 3.49. The van der Waals surface area contributed by atoms with Crippen molar-refractivity contribution in [3.05, 3.63) is 75.2 Å². The van der Waals surface area contributed by atoms with Crippen LogP contribution < -0.4 is 15.5 Å². The number of hydrogen-bond acceptors (Lipinski definition) is 4. The second-order valence-corrected chi connectivity index (χ2v) is 12.2. The smallest absolute Gasteiger partial charge is 0.326 e. The summed E-state index contributed by atoms with van der Waals surface area (Å²) in [4.78, 5) is 14.6. The number of anilines is 2. The fraction of sp³-hybridized carbons (Fsp3) is 0.240. The van der Waals surface area contributed by atoms with Crippen LogP contribution in [0.25, 0.3) is 11.1 Å². The molecule has 36 heavy (non-hydrogen) atoms. The monoisotopic (exact) mass is 562 g/mol. The Balaban J connectivity index is 1.61. The van der Waals surface area contributed by atoms with Gasteiger partial charge in [0.05, 0.1) is 26.3 Å². The Labute approximate surface area is 224 Å². The molecule has 2 atom stereocenters. The van der Waals surface area contributed by atoms with Crippen LogP contribution in [0.5, 0.6) is 0 Å². The van der Waals surface area contributed by atoms with Gasteiger partial charge in [-0.3, -0.25) is 4.90 Å². The first-order valence-corrected chi connectivity index (χ1v) is 14.0. The van der Waals surface area contributed by atoms with Crippen LogP contribution in [-0.2, 0) is 16.6 Å². The van der Waals surface area contributed by atoms with E-state index in [0.29, 0.717) is 40.5 Å². The van der Waals surface area contributed by atoms with E-state index in [1.54, 1.807) is 40.7 Å². The Morgan fingerprint density at radius 1 is 0.917 bits per heavy atom. The lowest BCUT2D eigenvalue weighted by molar-refractivity contribution is 0.247. The number of fused-ring (bicyclic) bond motifs is 3. The molecular formula is C25H21Cl3N4O3S. The van der Waals surface area contributed by atoms with Crippen molar-refractivity contribution in [2.45, 2.75) is 29.9 Å². The molecule has 2 N–H and O–H groups in total. The molecule has 11 heteroatoms. The maximum absolute atomic E-state index is 13.9. The van der Waals surface area contributed by atoms with E-state index in [9.17, 15) is 13.2 Å². The SMILES string of the molecule is O=C1NCc2c(-c3ccccc3Cl)cc(S(=O)(=O)N3CC4CC3CN4)cc2N1c1c(Cl)cccc1Cl. The first kappa shape index (κ1) is 24.0. The number of hydrogen-bond donors (Lipinski definition) is 2. The molecule has 0 spiro atoms. The van der Waals surface area contributed by atoms with Crippen molar-refractivity contribution in [3.8, 4) is 11.1 Å². The van der Waals surface area contributed by atoms with E-state index in [2.05, 4.69) is 10.6 Å². The number of para-hydroxylation sites is 1. The molecular weight excluding hydrogens is 543 g/mol. The molecule has 3 heterocycles. The first-order valence-electron chi connectivity index (χ1n) is 11.4. The average molecular weight is 564 g/mol. The summed E-state index contributed by atoms with van der Waals surface area (Å²) < 4.78 is 29.4. The van der Waals surface area contributed by atoms with Gasteiger partial charge in [0.25, 0.3) is 0 Å². The zero-order valence-electron chi connectivity index (χ0n) is 18.8. The number of urea groups is 1. The van der Waals surface area contributed by atoms with Crippen LogP contribution in [0, 0.1) is 0 Å². The summed E-state index contributed by atoms with van der Waals surface area (Å²) in [6.07, 6.45) is 0.783. The second-order valence-electron chi connectivity index (χ2n) is 9.08. The second kappa shape index (κ2) is 8.90. The zero-order chi connectivity index (χ0) is 25.2. The molecule has 0 aromatic heterocycles. The summed E-state index contributed by atoms with van der Waals surface area (Å²) in [5, 5.41) is 7.20. The van der Waals surface area contributed by atoms with Gasteiger partial charge in [-0.1, -0.05) is 59.1 Å². The molecule has 2 unspecified atom stereocenters. The van der Waals surface area contributed by atoms with Gasteiger partial charge in [-0.05, 0) is 42.3 Å². The highest BCUT2D eigenvalue weighted by Gasteiger charge is 2.45. The van der Waals surface area contributed by atoms with Gasteiger partial charge in [0.15, 0.2) is 0 Å². The minimum atomic E-state index is -3.86. The summed E-state index contributed by atoms with van der Waals surface area (Å²) in [5.41, 5.74) is 2.67. The van der Waals surface area contributed by atoms with E-state index in [1.807, 2.05) is 18.2 Å². The van der Waals surface area contributed by atoms with Crippen LogP contribution in [0.3, 0.4) is 0 Å². The Kier molecular flexibility index (Phi) is 5.94. The standard InChI is InChI=1S/C25H21Cl3N4O3S/c26-20-5-2-1-4-17(20)18-9-16(36(34,35)31-13-14-8-15(31)11-29-14)10-23-19(18)12-30-25(33)32(23)24-21(27)6-3-7-22(24)28/h1-7,9-10,14-15,29H,8,11-13H2,(H,30,33). The molecule has 2 bridgehead atoms. The van der Waals surface area contributed by atoms with Gasteiger partial charge in [-0.15, -0.1) is 0 Å². The van der Waals surface area contributed by atoms with E-state index >= 15 is 0 Å². The van der Waals surface area contributed by atoms with Crippen LogP contribution in [0.15, 0.2) is 59.5 Å². The lowest BCUT2D eigenvalue weighted by atomic mass is 9.96. The third kappa shape index (κ3) is 3.79. The van der Waals surface area contributed by atoms with Crippen LogP contribution in [0.4, 0.5) is 16.2 Å². The number of carbonyl (C=O) groups excluding carboxylic acids is 1. The van der Waals surface area contributed by atoms with Gasteiger partial charge in [0.1, 0.15) is 0 Å². The number of sulfonamides is 1. The molecule has 3 aromatic carbocycles. The number of piperazine rings is 1. The predicted octanol–water partition coefficient (Wildman–Crippen LogP) is 5.41. The van der Waals surface area contributed by atoms with Crippen LogP contribution in [-0.4, -0.2) is 43.9 Å². The van der Waals surface area contributed by atoms with Gasteiger partial charge in [0, 0.05) is 47.9 Å². The van der Waals surface area contributed by atoms with Crippen molar-refractivity contribution in [1.82, 2.24) is 14.9 Å². The van der Waals surface area contributed by atoms with Crippen molar-refractivity contribution >= 4 is 62.2 Å². The number of nitrogens with zero attached hydrogens (tertiary/aromatic N) is 2. The van der Waals surface area contributed by atoms with Crippen molar-refractivity contribution in [2.24, 2.45) is 0 Å². The summed E-state index contributed by atoms with van der Waals surface area (Å²) in [5.74, 6) is 0. The fourth-order valence-corrected chi connectivity index (χ4v) is 7.85. The predicted molar refractivity (Wildman–Crippen MR) is 142 cm³/mol. The molecule has 3 aliphatic rings. The van der Waals surface area contributed by atoms with Gasteiger partial charge in [-0.2, -0.15) is 4.31 Å². The Morgan fingerprint density at radius 3 is 2.31 bits per heavy atom. The minimum Gasteiger partial charge on any atom is -0.333 e. The lowest BCUT2D eigenvalue weighted by Crippen LogP contribution is -2.46. The maximum Gasteiger partial charge on any atom is 0.326 e. The molecule has 2 fully saturated rings. The van der Waals surface area contributed by atoms with E-state index < -0.39 is 16.1 Å². The quantitative estimate of drug-likeness (QED) is 0.445. The molecule has 6 rings (SSSR count). The number of benzene rings is 3. The first-order chi connectivity index (χ1) is 17.3. The largest absolute Gasteiger partial charge is 0.333 e. The fourth-order valence-electron chi connectivity index (χ4n) is 5.31. The lowest BCUT2D eigenvalue weighted by Gasteiger charge is -2.34. The Morgan fingerprint density at radius 2 is 1.64 bits per heavy atom. The molecule has 3 aliphatic heterocycles. The highest BCUT2D eigenvalue weighted by Crippen LogP contribution is 2.46. The van der Waals surface area contributed by atoms with Gasteiger partial charge >= 0.3 is 6.03 Å². The topological polar surface area (TPSA) is 81.8 Å². The Bertz CT molecular complexity index is 1490. The van der Waals surface area contributed by atoms with Crippen LogP contribution >= 0.6 is 34.8 Å². The normalized spacial score (nSPS) is 21.5. The number of nitrogens with one attached hydrogen (secondary N) is 2. The van der Waals surface area contributed by atoms with Crippen molar-refractivity contribution in [2.75, 3.05) is 18.0 Å². The highest BCUT2D eigenvalue weighted by molar-refractivity contribution is 7.89. The van der Waals surface area contributed by atoms with Crippen molar-refractivity contribution in [3.63, 3.8) is 0 Å². The molecule has 0 radical (unpaired) electrons. The van der Waals surface area contributed by atoms with E-state index in [-0.39, 0.29) is 39.3 Å². The molecule has 0 saturated carbocycles. The summed E-state index contributed by atoms with van der Waals surface area (Å²) in [6.45, 7) is 1.22. The number of carbonyl (C=O) groups is 1. The van der Waals surface area contributed by atoms with Gasteiger partial charge < -0.3 is 10.6 Å². The summed E-state index contributed by atoms with van der Waals surface area (Å²) in [7, 11) is -3.86. The molecule has 2 saturated heterocycles. The molecule has 3 aromatic rings. The maximum atomic E-state index is 13.9. The van der Waals surface area contributed by atoms with Crippen LogP contribution in [0.2, 0.25) is 15.1 Å². The van der Waals surface area contributed by atoms with Crippen LogP contribution in [0.1, 0.15) is 12.0 Å². The third-order valence-electron chi connectivity index (χ3n) is 7.00. The van der Waals surface area contributed by atoms with Gasteiger partial charge in [0.2, 0.25) is 10.0 Å². The number of halogens is 3. The molecule has 0 aliphatic carbocycles. The molecule has 7 nitrogen and oxygen atoms in total. The summed E-state index contributed by atoms with van der Waals surface area (Å²) >= 11 is 19.6. The van der Waals surface area contributed by atoms with Gasteiger partial charge in [-0.25, -0.2) is 13.2 Å².